The molecule has 0 radical (unpaired) electrons. The third kappa shape index (κ3) is 6.48. The fourth-order valence-electron chi connectivity index (χ4n) is 5.70. The zero-order valence-corrected chi connectivity index (χ0v) is 23.9. The normalized spacial score (nSPS) is 17.0. The summed E-state index contributed by atoms with van der Waals surface area (Å²) >= 11 is 0. The van der Waals surface area contributed by atoms with E-state index >= 15 is 0 Å². The molecule has 218 valence electrons. The Morgan fingerprint density at radius 3 is 2.66 bits per heavy atom. The average molecular weight is 560 g/mol. The minimum Gasteiger partial charge on any atom is -0.494 e. The molecule has 0 spiro atoms. The zero-order chi connectivity index (χ0) is 28.8. The molecule has 11 heteroatoms. The van der Waals surface area contributed by atoms with Crippen molar-refractivity contribution in [2.75, 3.05) is 68.6 Å². The number of nitrogens with two attached hydrogens (primary N) is 1. The van der Waals surface area contributed by atoms with Crippen LogP contribution in [0.25, 0.3) is 16.6 Å². The van der Waals surface area contributed by atoms with Crippen molar-refractivity contribution < 1.29 is 9.47 Å². The molecule has 0 amide bonds. The van der Waals surface area contributed by atoms with Crippen LogP contribution in [0.3, 0.4) is 0 Å². The molecule has 0 unspecified atom stereocenters. The lowest BCUT2D eigenvalue weighted by atomic mass is 10.0. The molecule has 3 heterocycles. The Hall–Kier alpha value is -4.06. The molecule has 3 aromatic rings. The highest BCUT2D eigenvalue weighted by atomic mass is 16.5. The average Bonchev–Trinajstić information content (AvgIpc) is 3.39. The SMILES string of the molecule is C=CCNc1cc(NC(=N)/C=C(\NN)c2ccc3c(cnn3C)c2)c(OC)cc1N1CCC(N2CCOCC2)CC1. The molecule has 41 heavy (non-hydrogen) atoms. The number of aryl methyl sites for hydroxylation is 1. The first kappa shape index (κ1) is 28.5. The number of amidine groups is 1. The lowest BCUT2D eigenvalue weighted by Gasteiger charge is -2.41. The molecule has 0 aliphatic carbocycles. The third-order valence-corrected chi connectivity index (χ3v) is 7.89. The standard InChI is InChI=1S/C30H41N9O2/c1-4-9-33-25-17-26(35-30(31)18-24(36-32)21-5-6-27-22(16-21)20-34-37(27)2)29(40-3)19-28(25)39-10-7-23(8-11-39)38-12-14-41-15-13-38/h4-6,16-20,23,33,36H,1,7-15,32H2,2-3H3,(H2,31,35)/b24-18-. The van der Waals surface area contributed by atoms with Crippen LogP contribution in [0.2, 0.25) is 0 Å². The predicted molar refractivity (Wildman–Crippen MR) is 167 cm³/mol. The Kier molecular flexibility index (Phi) is 9.07. The van der Waals surface area contributed by atoms with Gasteiger partial charge in [0.2, 0.25) is 0 Å². The number of hydrogen-bond acceptors (Lipinski definition) is 9. The molecule has 11 nitrogen and oxygen atoms in total. The van der Waals surface area contributed by atoms with Gasteiger partial charge >= 0.3 is 0 Å². The van der Waals surface area contributed by atoms with E-state index in [2.05, 4.69) is 43.6 Å². The number of piperidine rings is 1. The Bertz CT molecular complexity index is 1400. The van der Waals surface area contributed by atoms with Gasteiger partial charge in [0, 0.05) is 63.3 Å². The fourth-order valence-corrected chi connectivity index (χ4v) is 5.70. The summed E-state index contributed by atoms with van der Waals surface area (Å²) in [6.45, 7) is 10.1. The number of anilines is 3. The Morgan fingerprint density at radius 2 is 1.95 bits per heavy atom. The van der Waals surface area contributed by atoms with E-state index < -0.39 is 0 Å². The first-order valence-electron chi connectivity index (χ1n) is 14.1. The number of rotatable bonds is 10. The van der Waals surface area contributed by atoms with Crippen LogP contribution in [0.4, 0.5) is 17.1 Å². The van der Waals surface area contributed by atoms with Crippen LogP contribution < -0.4 is 31.5 Å². The maximum Gasteiger partial charge on any atom is 0.144 e. The first-order chi connectivity index (χ1) is 20.0. The van der Waals surface area contributed by atoms with Crippen molar-refractivity contribution in [2.24, 2.45) is 12.9 Å². The van der Waals surface area contributed by atoms with Gasteiger partial charge in [-0.05, 0) is 36.6 Å². The van der Waals surface area contributed by atoms with E-state index in [9.17, 15) is 0 Å². The van der Waals surface area contributed by atoms with Gasteiger partial charge in [-0.25, -0.2) is 0 Å². The maximum atomic E-state index is 8.71. The van der Waals surface area contributed by atoms with Gasteiger partial charge in [-0.1, -0.05) is 12.1 Å². The summed E-state index contributed by atoms with van der Waals surface area (Å²) in [7, 11) is 3.56. The van der Waals surface area contributed by atoms with Crippen molar-refractivity contribution >= 4 is 39.5 Å². The van der Waals surface area contributed by atoms with Gasteiger partial charge in [0.15, 0.2) is 0 Å². The van der Waals surface area contributed by atoms with Crippen LogP contribution in [0, 0.1) is 5.41 Å². The number of benzene rings is 2. The van der Waals surface area contributed by atoms with Crippen molar-refractivity contribution in [3.8, 4) is 5.75 Å². The van der Waals surface area contributed by atoms with E-state index in [1.807, 2.05) is 48.3 Å². The van der Waals surface area contributed by atoms with E-state index in [1.165, 1.54) is 0 Å². The molecule has 1 aromatic heterocycles. The van der Waals surface area contributed by atoms with Crippen LogP contribution >= 0.6 is 0 Å². The number of nitrogens with zero attached hydrogens (tertiary/aromatic N) is 4. The third-order valence-electron chi connectivity index (χ3n) is 7.89. The van der Waals surface area contributed by atoms with Crippen molar-refractivity contribution in [3.05, 3.63) is 60.8 Å². The molecule has 6 N–H and O–H groups in total. The van der Waals surface area contributed by atoms with Gasteiger partial charge < -0.3 is 30.4 Å². The van der Waals surface area contributed by atoms with E-state index in [0.717, 1.165) is 80.1 Å². The number of hydrazine groups is 1. The van der Waals surface area contributed by atoms with Crippen LogP contribution in [0.5, 0.6) is 5.75 Å². The van der Waals surface area contributed by atoms with Crippen LogP contribution in [0.15, 0.2) is 55.3 Å². The molecule has 2 aliphatic heterocycles. The molecule has 0 atom stereocenters. The number of ether oxygens (including phenoxy) is 2. The minimum atomic E-state index is 0.163. The Labute approximate surface area is 241 Å². The largest absolute Gasteiger partial charge is 0.494 e. The van der Waals surface area contributed by atoms with Crippen molar-refractivity contribution in [3.63, 3.8) is 0 Å². The van der Waals surface area contributed by atoms with Gasteiger partial charge in [0.25, 0.3) is 0 Å². The summed E-state index contributed by atoms with van der Waals surface area (Å²) in [5.41, 5.74) is 7.96. The lowest BCUT2D eigenvalue weighted by Crippen LogP contribution is -2.49. The summed E-state index contributed by atoms with van der Waals surface area (Å²) in [4.78, 5) is 4.99. The number of fused-ring (bicyclic) bond motifs is 1. The number of nitrogens with one attached hydrogen (secondary N) is 4. The van der Waals surface area contributed by atoms with Gasteiger partial charge in [-0.15, -0.1) is 6.58 Å². The van der Waals surface area contributed by atoms with Gasteiger partial charge in [0.1, 0.15) is 11.6 Å². The number of hydrogen-bond donors (Lipinski definition) is 5. The summed E-state index contributed by atoms with van der Waals surface area (Å²) < 4.78 is 13.2. The summed E-state index contributed by atoms with van der Waals surface area (Å²) in [6, 6.07) is 10.6. The smallest absolute Gasteiger partial charge is 0.144 e. The van der Waals surface area contributed by atoms with Gasteiger partial charge in [-0.2, -0.15) is 5.10 Å². The molecule has 2 aromatic carbocycles. The second-order valence-corrected chi connectivity index (χ2v) is 10.4. The second-order valence-electron chi connectivity index (χ2n) is 10.4. The topological polar surface area (TPSA) is 129 Å². The Morgan fingerprint density at radius 1 is 1.17 bits per heavy atom. The summed E-state index contributed by atoms with van der Waals surface area (Å²) in [5.74, 6) is 6.69. The number of methoxy groups -OCH3 is 1. The van der Waals surface area contributed by atoms with Crippen molar-refractivity contribution in [1.29, 1.82) is 5.41 Å². The Balaban J connectivity index is 1.35. The van der Waals surface area contributed by atoms with E-state index in [1.54, 1.807) is 13.2 Å². The van der Waals surface area contributed by atoms with Crippen LogP contribution in [-0.2, 0) is 11.8 Å². The van der Waals surface area contributed by atoms with E-state index in [4.69, 9.17) is 20.7 Å². The molecule has 2 aliphatic rings. The highest BCUT2D eigenvalue weighted by Crippen LogP contribution is 2.38. The minimum absolute atomic E-state index is 0.163. The molecule has 2 fully saturated rings. The summed E-state index contributed by atoms with van der Waals surface area (Å²) in [5, 5.41) is 20.7. The molecule has 5 rings (SSSR count). The highest BCUT2D eigenvalue weighted by molar-refractivity contribution is 6.07. The predicted octanol–water partition coefficient (Wildman–Crippen LogP) is 3.37. The fraction of sp³-hybridized carbons (Fsp3) is 0.400. The quantitative estimate of drug-likeness (QED) is 0.0835. The van der Waals surface area contributed by atoms with Gasteiger partial charge in [-0.3, -0.25) is 20.8 Å². The molecule has 0 bridgehead atoms. The molecule has 2 saturated heterocycles. The molecular weight excluding hydrogens is 518 g/mol. The highest BCUT2D eigenvalue weighted by Gasteiger charge is 2.27. The first-order valence-corrected chi connectivity index (χ1v) is 14.1. The number of morpholine rings is 1. The van der Waals surface area contributed by atoms with E-state index in [0.29, 0.717) is 29.7 Å². The van der Waals surface area contributed by atoms with Crippen molar-refractivity contribution in [1.82, 2.24) is 20.1 Å². The van der Waals surface area contributed by atoms with Crippen LogP contribution in [-0.4, -0.2) is 79.6 Å². The second kappa shape index (κ2) is 13.1. The zero-order valence-electron chi connectivity index (χ0n) is 23.9. The van der Waals surface area contributed by atoms with Crippen LogP contribution in [0.1, 0.15) is 18.4 Å². The summed E-state index contributed by atoms with van der Waals surface area (Å²) in [6.07, 6.45) is 7.54. The number of aromatic nitrogens is 2. The van der Waals surface area contributed by atoms with E-state index in [-0.39, 0.29) is 5.84 Å². The van der Waals surface area contributed by atoms with Crippen molar-refractivity contribution in [2.45, 2.75) is 18.9 Å². The monoisotopic (exact) mass is 559 g/mol. The van der Waals surface area contributed by atoms with Gasteiger partial charge in [0.05, 0.1) is 54.8 Å². The maximum absolute atomic E-state index is 8.71. The molecular formula is C30H41N9O2. The lowest BCUT2D eigenvalue weighted by molar-refractivity contribution is 0.0115. The molecule has 0 saturated carbocycles.